The summed E-state index contributed by atoms with van der Waals surface area (Å²) in [6.07, 6.45) is 0. The fourth-order valence-corrected chi connectivity index (χ4v) is 2.03. The summed E-state index contributed by atoms with van der Waals surface area (Å²) in [6.45, 7) is 3.11. The third kappa shape index (κ3) is 3.34. The van der Waals surface area contributed by atoms with E-state index in [2.05, 4.69) is 4.72 Å². The van der Waals surface area contributed by atoms with E-state index in [-0.39, 0.29) is 10.6 Å². The summed E-state index contributed by atoms with van der Waals surface area (Å²) in [5.74, 6) is -0.659. The van der Waals surface area contributed by atoms with Gasteiger partial charge in [-0.25, -0.2) is 8.42 Å². The van der Waals surface area contributed by atoms with Gasteiger partial charge >= 0.3 is 0 Å². The van der Waals surface area contributed by atoms with E-state index in [1.807, 2.05) is 0 Å². The molecule has 94 valence electrons. The molecule has 17 heavy (non-hydrogen) atoms. The van der Waals surface area contributed by atoms with Crippen LogP contribution in [0.3, 0.4) is 0 Å². The van der Waals surface area contributed by atoms with Gasteiger partial charge in [0.05, 0.1) is 21.5 Å². The Hall–Kier alpha value is -1.27. The highest BCUT2D eigenvalue weighted by molar-refractivity contribution is 7.93. The van der Waals surface area contributed by atoms with Crippen molar-refractivity contribution in [1.82, 2.24) is 0 Å². The highest BCUT2D eigenvalue weighted by atomic mass is 35.5. The number of hydrogen-bond donors (Lipinski definition) is 2. The maximum absolute atomic E-state index is 11.6. The predicted molar refractivity (Wildman–Crippen MR) is 67.6 cm³/mol. The fraction of sp³-hybridized carbons (Fsp3) is 0.300. The zero-order valence-electron chi connectivity index (χ0n) is 9.40. The number of anilines is 1. The molecule has 0 bridgehead atoms. The second-order valence-corrected chi connectivity index (χ2v) is 6.40. The van der Waals surface area contributed by atoms with Crippen LogP contribution >= 0.6 is 11.6 Å². The molecule has 0 saturated heterocycles. The largest absolute Gasteiger partial charge is 0.366 e. The number of sulfonamides is 1. The molecule has 0 aliphatic heterocycles. The molecular weight excluding hydrogens is 264 g/mol. The average molecular weight is 277 g/mol. The average Bonchev–Trinajstić information content (AvgIpc) is 2.15. The second-order valence-electron chi connectivity index (χ2n) is 3.75. The van der Waals surface area contributed by atoms with E-state index in [1.54, 1.807) is 13.8 Å². The molecule has 0 heterocycles. The molecule has 0 saturated carbocycles. The molecule has 0 aromatic heterocycles. The van der Waals surface area contributed by atoms with Crippen LogP contribution in [0.4, 0.5) is 5.69 Å². The van der Waals surface area contributed by atoms with Crippen molar-refractivity contribution in [3.63, 3.8) is 0 Å². The Balaban J connectivity index is 3.04. The van der Waals surface area contributed by atoms with Crippen LogP contribution in [0.15, 0.2) is 18.2 Å². The van der Waals surface area contributed by atoms with Crippen LogP contribution < -0.4 is 10.5 Å². The second kappa shape index (κ2) is 4.93. The van der Waals surface area contributed by atoms with Crippen molar-refractivity contribution in [2.75, 3.05) is 4.72 Å². The van der Waals surface area contributed by atoms with Gasteiger partial charge < -0.3 is 5.73 Å². The van der Waals surface area contributed by atoms with Crippen molar-refractivity contribution < 1.29 is 13.2 Å². The Kier molecular flexibility index (Phi) is 4.00. The summed E-state index contributed by atoms with van der Waals surface area (Å²) >= 11 is 5.80. The number of amides is 1. The maximum atomic E-state index is 11.6. The Labute approximate surface area is 105 Å². The number of nitrogens with one attached hydrogen (secondary N) is 1. The lowest BCUT2D eigenvalue weighted by atomic mass is 10.2. The standard InChI is InChI=1S/C10H13ClN2O3S/c1-6(2)17(15,16)13-7-3-4-8(10(12)14)9(11)5-7/h3-6,13H,1-2H3,(H2,12,14). The molecular formula is C10H13ClN2O3S. The van der Waals surface area contributed by atoms with Crippen LogP contribution in [-0.4, -0.2) is 19.6 Å². The monoisotopic (exact) mass is 276 g/mol. The number of halogens is 1. The minimum Gasteiger partial charge on any atom is -0.366 e. The third-order valence-corrected chi connectivity index (χ3v) is 4.19. The predicted octanol–water partition coefficient (Wildman–Crippen LogP) is 1.59. The van der Waals surface area contributed by atoms with Gasteiger partial charge in [0, 0.05) is 0 Å². The molecule has 0 fully saturated rings. The lowest BCUT2D eigenvalue weighted by molar-refractivity contribution is 0.100. The van der Waals surface area contributed by atoms with E-state index >= 15 is 0 Å². The van der Waals surface area contributed by atoms with Gasteiger partial charge in [0.1, 0.15) is 0 Å². The van der Waals surface area contributed by atoms with Crippen LogP contribution in [0, 0.1) is 0 Å². The van der Waals surface area contributed by atoms with Gasteiger partial charge in [-0.3, -0.25) is 9.52 Å². The van der Waals surface area contributed by atoms with Crippen molar-refractivity contribution in [2.45, 2.75) is 19.1 Å². The highest BCUT2D eigenvalue weighted by Gasteiger charge is 2.16. The highest BCUT2D eigenvalue weighted by Crippen LogP contribution is 2.21. The van der Waals surface area contributed by atoms with Crippen LogP contribution in [0.1, 0.15) is 24.2 Å². The first-order valence-electron chi connectivity index (χ1n) is 4.85. The summed E-state index contributed by atoms with van der Waals surface area (Å²) in [5, 5.41) is -0.446. The number of benzene rings is 1. The topological polar surface area (TPSA) is 89.3 Å². The number of carbonyl (C=O) groups is 1. The first-order chi connectivity index (χ1) is 7.74. The molecule has 0 radical (unpaired) electrons. The van der Waals surface area contributed by atoms with Crippen molar-refractivity contribution in [2.24, 2.45) is 5.73 Å². The number of primary amides is 1. The smallest absolute Gasteiger partial charge is 0.250 e. The van der Waals surface area contributed by atoms with E-state index < -0.39 is 21.2 Å². The first-order valence-corrected chi connectivity index (χ1v) is 6.77. The summed E-state index contributed by atoms with van der Waals surface area (Å²) in [5.41, 5.74) is 5.53. The lowest BCUT2D eigenvalue weighted by Crippen LogP contribution is -2.22. The minimum atomic E-state index is -3.43. The summed E-state index contributed by atoms with van der Waals surface area (Å²) in [7, 11) is -3.43. The maximum Gasteiger partial charge on any atom is 0.250 e. The van der Waals surface area contributed by atoms with Crippen LogP contribution in [-0.2, 0) is 10.0 Å². The number of rotatable bonds is 4. The van der Waals surface area contributed by atoms with Gasteiger partial charge in [-0.05, 0) is 32.0 Å². The Bertz CT molecular complexity index is 540. The van der Waals surface area contributed by atoms with Crippen molar-refractivity contribution in [3.8, 4) is 0 Å². The Morgan fingerprint density at radius 1 is 1.41 bits per heavy atom. The molecule has 7 heteroatoms. The van der Waals surface area contributed by atoms with Crippen molar-refractivity contribution in [3.05, 3.63) is 28.8 Å². The number of hydrogen-bond acceptors (Lipinski definition) is 3. The van der Waals surface area contributed by atoms with Gasteiger partial charge in [0.2, 0.25) is 15.9 Å². The third-order valence-electron chi connectivity index (χ3n) is 2.12. The first kappa shape index (κ1) is 13.8. The van der Waals surface area contributed by atoms with Crippen LogP contribution in [0.2, 0.25) is 5.02 Å². The molecule has 1 aromatic rings. The molecule has 1 rings (SSSR count). The molecule has 0 aliphatic rings. The van der Waals surface area contributed by atoms with Crippen molar-refractivity contribution >= 4 is 33.2 Å². The Morgan fingerprint density at radius 2 is 2.00 bits per heavy atom. The van der Waals surface area contributed by atoms with Crippen LogP contribution in [0.5, 0.6) is 0 Å². The van der Waals surface area contributed by atoms with Gasteiger partial charge in [-0.2, -0.15) is 0 Å². The SMILES string of the molecule is CC(C)S(=O)(=O)Nc1ccc(C(N)=O)c(Cl)c1. The quantitative estimate of drug-likeness (QED) is 0.875. The molecule has 0 spiro atoms. The van der Waals surface area contributed by atoms with Gasteiger partial charge in [0.25, 0.3) is 0 Å². The normalized spacial score (nSPS) is 11.5. The lowest BCUT2D eigenvalue weighted by Gasteiger charge is -2.11. The fourth-order valence-electron chi connectivity index (χ4n) is 1.06. The van der Waals surface area contributed by atoms with Gasteiger partial charge in [-0.1, -0.05) is 11.6 Å². The molecule has 0 atom stereocenters. The van der Waals surface area contributed by atoms with E-state index in [0.29, 0.717) is 5.69 Å². The molecule has 1 amide bonds. The van der Waals surface area contributed by atoms with Crippen molar-refractivity contribution in [1.29, 1.82) is 0 Å². The van der Waals surface area contributed by atoms with E-state index in [4.69, 9.17) is 17.3 Å². The van der Waals surface area contributed by atoms with E-state index in [9.17, 15) is 13.2 Å². The van der Waals surface area contributed by atoms with E-state index in [0.717, 1.165) is 0 Å². The summed E-state index contributed by atoms with van der Waals surface area (Å²) in [4.78, 5) is 10.9. The van der Waals surface area contributed by atoms with Gasteiger partial charge in [0.15, 0.2) is 0 Å². The zero-order chi connectivity index (χ0) is 13.2. The molecule has 0 unspecified atom stereocenters. The van der Waals surface area contributed by atoms with E-state index in [1.165, 1.54) is 18.2 Å². The zero-order valence-corrected chi connectivity index (χ0v) is 11.0. The molecule has 5 nitrogen and oxygen atoms in total. The Morgan fingerprint density at radius 3 is 2.41 bits per heavy atom. The minimum absolute atomic E-state index is 0.112. The van der Waals surface area contributed by atoms with Crippen LogP contribution in [0.25, 0.3) is 0 Å². The number of carbonyl (C=O) groups excluding carboxylic acids is 1. The molecule has 0 aliphatic carbocycles. The molecule has 1 aromatic carbocycles. The summed E-state index contributed by atoms with van der Waals surface area (Å²) < 4.78 is 25.5. The molecule has 3 N–H and O–H groups in total. The summed E-state index contributed by atoms with van der Waals surface area (Å²) in [6, 6.07) is 4.16. The number of nitrogens with two attached hydrogens (primary N) is 1. The van der Waals surface area contributed by atoms with Gasteiger partial charge in [-0.15, -0.1) is 0 Å².